The molecule has 2 aromatic rings. The fourth-order valence-electron chi connectivity index (χ4n) is 5.31. The Hall–Kier alpha value is -2.19. The molecule has 0 aromatic heterocycles. The number of nitrogens with zero attached hydrogens (tertiary/aromatic N) is 2. The second-order valence-electron chi connectivity index (χ2n) is 15.9. The monoisotopic (exact) mass is 578 g/mol. The van der Waals surface area contributed by atoms with Crippen LogP contribution >= 0.6 is 0 Å². The topological polar surface area (TPSA) is 65.2 Å². The number of hydrogen-bond acceptors (Lipinski definition) is 4. The van der Waals surface area contributed by atoms with E-state index in [2.05, 4.69) is 105 Å². The molecule has 1 aliphatic rings. The van der Waals surface area contributed by atoms with Crippen LogP contribution in [0, 0.1) is 0 Å². The Morgan fingerprint density at radius 2 is 0.950 bits per heavy atom. The molecule has 0 aliphatic heterocycles. The summed E-state index contributed by atoms with van der Waals surface area (Å²) >= 11 is 0. The maximum atomic E-state index is 11.2. The molecule has 0 unspecified atom stereocenters. The van der Waals surface area contributed by atoms with E-state index >= 15 is 0 Å². The van der Waals surface area contributed by atoms with Crippen LogP contribution in [0.1, 0.15) is 89.5 Å². The van der Waals surface area contributed by atoms with E-state index in [0.29, 0.717) is 11.5 Å². The highest BCUT2D eigenvalue weighted by molar-refractivity contribution is 6.89. The number of rotatable bonds is 6. The van der Waals surface area contributed by atoms with Gasteiger partial charge in [0.1, 0.15) is 11.5 Å². The Kier molecular flexibility index (Phi) is 9.37. The van der Waals surface area contributed by atoms with Crippen molar-refractivity contribution in [2.45, 2.75) is 129 Å². The highest BCUT2D eigenvalue weighted by Gasteiger charge is 2.28. The molecule has 0 spiro atoms. The van der Waals surface area contributed by atoms with Gasteiger partial charge in [-0.1, -0.05) is 128 Å². The van der Waals surface area contributed by atoms with Crippen LogP contribution in [-0.4, -0.2) is 50.9 Å². The first-order valence-electron chi connectivity index (χ1n) is 15.0. The van der Waals surface area contributed by atoms with Gasteiger partial charge < -0.3 is 10.2 Å². The van der Waals surface area contributed by atoms with Crippen LogP contribution in [0.4, 0.5) is 0 Å². The summed E-state index contributed by atoms with van der Waals surface area (Å²) in [6, 6.07) is 8.83. The molecule has 6 heteroatoms. The number of aliphatic imine (C=N–C) groups is 2. The van der Waals surface area contributed by atoms with Gasteiger partial charge in [0.25, 0.3) is 0 Å². The summed E-state index contributed by atoms with van der Waals surface area (Å²) < 4.78 is 0. The Bertz CT molecular complexity index is 1170. The van der Waals surface area contributed by atoms with E-state index in [1.807, 2.05) is 12.4 Å². The molecule has 2 aromatic carbocycles. The first kappa shape index (κ1) is 32.3. The summed E-state index contributed by atoms with van der Waals surface area (Å²) in [5, 5.41) is 25.2. The van der Waals surface area contributed by atoms with E-state index in [9.17, 15) is 10.2 Å². The van der Waals surface area contributed by atoms with E-state index in [1.54, 1.807) is 0 Å². The summed E-state index contributed by atoms with van der Waals surface area (Å²) in [7, 11) is -3.18. The molecular weight excluding hydrogens is 525 g/mol. The second-order valence-corrected chi connectivity index (χ2v) is 26.1. The molecule has 0 radical (unpaired) electrons. The average molecular weight is 579 g/mol. The first-order valence-corrected chi connectivity index (χ1v) is 22.0. The van der Waals surface area contributed by atoms with Crippen molar-refractivity contribution in [3.05, 3.63) is 46.5 Å². The third-order valence-corrected chi connectivity index (χ3v) is 12.2. The van der Waals surface area contributed by atoms with Gasteiger partial charge in [-0.15, -0.1) is 0 Å². The molecule has 40 heavy (non-hydrogen) atoms. The minimum Gasteiger partial charge on any atom is -0.507 e. The minimum atomic E-state index is -1.59. The van der Waals surface area contributed by atoms with Gasteiger partial charge in [0.15, 0.2) is 0 Å². The molecule has 1 aliphatic carbocycles. The number of benzene rings is 2. The van der Waals surface area contributed by atoms with Crippen LogP contribution in [0.25, 0.3) is 0 Å². The van der Waals surface area contributed by atoms with Crippen LogP contribution in [0.5, 0.6) is 11.5 Å². The Morgan fingerprint density at radius 1 is 0.625 bits per heavy atom. The van der Waals surface area contributed by atoms with Gasteiger partial charge in [-0.3, -0.25) is 9.98 Å². The van der Waals surface area contributed by atoms with Crippen LogP contribution in [-0.2, 0) is 10.8 Å². The number of aromatic hydroxyl groups is 2. The van der Waals surface area contributed by atoms with E-state index in [1.165, 1.54) is 10.4 Å². The quantitative estimate of drug-likeness (QED) is 0.273. The Balaban J connectivity index is 2.00. The van der Waals surface area contributed by atoms with Crippen molar-refractivity contribution in [3.63, 3.8) is 0 Å². The average Bonchev–Trinajstić information content (AvgIpc) is 2.80. The van der Waals surface area contributed by atoms with Crippen molar-refractivity contribution in [1.82, 2.24) is 0 Å². The molecule has 220 valence electrons. The smallest absolute Gasteiger partial charge is 0.128 e. The van der Waals surface area contributed by atoms with Crippen molar-refractivity contribution in [2.24, 2.45) is 9.98 Å². The summed E-state index contributed by atoms with van der Waals surface area (Å²) in [5.41, 5.74) is 3.29. The molecule has 0 bridgehead atoms. The highest BCUT2D eigenvalue weighted by Crippen LogP contribution is 2.34. The molecule has 2 atom stereocenters. The van der Waals surface area contributed by atoms with Crippen molar-refractivity contribution in [2.75, 3.05) is 0 Å². The predicted molar refractivity (Wildman–Crippen MR) is 181 cm³/mol. The summed E-state index contributed by atoms with van der Waals surface area (Å²) in [4.78, 5) is 10.1. The Morgan fingerprint density at radius 3 is 1.23 bits per heavy atom. The lowest BCUT2D eigenvalue weighted by Gasteiger charge is -2.28. The van der Waals surface area contributed by atoms with Gasteiger partial charge >= 0.3 is 0 Å². The zero-order valence-electron chi connectivity index (χ0n) is 27.2. The van der Waals surface area contributed by atoms with Crippen molar-refractivity contribution < 1.29 is 10.2 Å². The lowest BCUT2D eigenvalue weighted by Crippen LogP contribution is -2.39. The molecule has 1 saturated carbocycles. The molecule has 4 nitrogen and oxygen atoms in total. The SMILES string of the molecule is CC(C)(C)c1cc([Si](C)(C)C)cc(C=N[C@@H]2CCCC[C@H]2N=Cc2cc([Si](C)(C)C)cc(C(C)(C)C)c2O)c1O. The maximum absolute atomic E-state index is 11.2. The molecule has 3 rings (SSSR count). The van der Waals surface area contributed by atoms with Crippen LogP contribution < -0.4 is 10.4 Å². The Labute approximate surface area is 246 Å². The van der Waals surface area contributed by atoms with Crippen LogP contribution in [0.3, 0.4) is 0 Å². The fourth-order valence-corrected chi connectivity index (χ4v) is 7.64. The largest absolute Gasteiger partial charge is 0.507 e. The predicted octanol–water partition coefficient (Wildman–Crippen LogP) is 7.63. The third kappa shape index (κ3) is 7.76. The van der Waals surface area contributed by atoms with Crippen molar-refractivity contribution in [1.29, 1.82) is 0 Å². The lowest BCUT2D eigenvalue weighted by molar-refractivity contribution is 0.390. The summed E-state index contributed by atoms with van der Waals surface area (Å²) in [5.74, 6) is 0.689. The van der Waals surface area contributed by atoms with Gasteiger partial charge in [-0.25, -0.2) is 0 Å². The zero-order chi connectivity index (χ0) is 30.3. The zero-order valence-corrected chi connectivity index (χ0v) is 29.2. The van der Waals surface area contributed by atoms with Gasteiger partial charge in [-0.2, -0.15) is 0 Å². The van der Waals surface area contributed by atoms with E-state index in [0.717, 1.165) is 47.9 Å². The van der Waals surface area contributed by atoms with Gasteiger partial charge in [0, 0.05) is 23.6 Å². The lowest BCUT2D eigenvalue weighted by atomic mass is 9.85. The second kappa shape index (κ2) is 11.6. The molecular formula is C34H54N2O2Si2. The van der Waals surface area contributed by atoms with E-state index in [-0.39, 0.29) is 22.9 Å². The molecule has 1 fully saturated rings. The van der Waals surface area contributed by atoms with E-state index in [4.69, 9.17) is 9.98 Å². The number of phenolic OH excluding ortho intramolecular Hbond substituents is 2. The van der Waals surface area contributed by atoms with Gasteiger partial charge in [-0.05, 0) is 34.8 Å². The highest BCUT2D eigenvalue weighted by atomic mass is 28.3. The maximum Gasteiger partial charge on any atom is 0.128 e. The molecule has 2 N–H and O–H groups in total. The molecule has 0 saturated heterocycles. The van der Waals surface area contributed by atoms with Crippen molar-refractivity contribution >= 4 is 39.0 Å². The number of phenols is 2. The van der Waals surface area contributed by atoms with E-state index < -0.39 is 16.1 Å². The fraction of sp³-hybridized carbons (Fsp3) is 0.588. The van der Waals surface area contributed by atoms with Crippen LogP contribution in [0.2, 0.25) is 39.3 Å². The van der Waals surface area contributed by atoms with Crippen LogP contribution in [0.15, 0.2) is 34.3 Å². The summed E-state index contributed by atoms with van der Waals surface area (Å²) in [6.07, 6.45) is 8.02. The van der Waals surface area contributed by atoms with Crippen molar-refractivity contribution in [3.8, 4) is 11.5 Å². The summed E-state index contributed by atoms with van der Waals surface area (Å²) in [6.45, 7) is 27.0. The number of hydrogen-bond donors (Lipinski definition) is 2. The third-order valence-electron chi connectivity index (χ3n) is 8.13. The molecule has 0 heterocycles. The first-order chi connectivity index (χ1) is 18.2. The van der Waals surface area contributed by atoms with Gasteiger partial charge in [0.2, 0.25) is 0 Å². The van der Waals surface area contributed by atoms with Gasteiger partial charge in [0.05, 0.1) is 28.2 Å². The normalized spacial score (nSPS) is 19.6. The minimum absolute atomic E-state index is 0.0578. The molecule has 0 amide bonds. The standard InChI is InChI=1S/C34H54N2O2Si2/c1-33(2,3)27-19-25(39(7,8)9)17-23(31(27)37)21-35-29-15-13-14-16-30(29)36-22-24-18-26(40(10,11)12)20-28(32(24)38)34(4,5)6/h17-22,29-30,37-38H,13-16H2,1-12H3/t29-,30-/m1/s1.